The van der Waals surface area contributed by atoms with Crippen LogP contribution in [0.15, 0.2) is 6.33 Å². The van der Waals surface area contributed by atoms with Gasteiger partial charge in [0, 0.05) is 0 Å². The Hall–Kier alpha value is -1.55. The van der Waals surface area contributed by atoms with Crippen molar-refractivity contribution < 1.29 is 14.9 Å². The molecule has 9 nitrogen and oxygen atoms in total. The van der Waals surface area contributed by atoms with Crippen LogP contribution < -0.4 is 5.73 Å². The van der Waals surface area contributed by atoms with Crippen LogP contribution in [0.4, 0.5) is 5.82 Å². The van der Waals surface area contributed by atoms with Gasteiger partial charge in [-0.3, -0.25) is 0 Å². The van der Waals surface area contributed by atoms with Crippen molar-refractivity contribution >= 4 is 28.6 Å². The SMILES string of the molecule is Nc1ncnc2c1nnn2C1OC(CCl)C(O)C1O. The van der Waals surface area contributed by atoms with Gasteiger partial charge < -0.3 is 20.7 Å². The average Bonchev–Trinajstić information content (AvgIpc) is 2.94. The number of ether oxygens (including phenoxy) is 1. The van der Waals surface area contributed by atoms with Gasteiger partial charge in [-0.1, -0.05) is 5.21 Å². The van der Waals surface area contributed by atoms with E-state index in [2.05, 4.69) is 20.3 Å². The molecule has 4 atom stereocenters. The van der Waals surface area contributed by atoms with E-state index >= 15 is 0 Å². The molecule has 0 saturated carbocycles. The Morgan fingerprint density at radius 2 is 2.16 bits per heavy atom. The maximum Gasteiger partial charge on any atom is 0.186 e. The van der Waals surface area contributed by atoms with E-state index in [0.717, 1.165) is 0 Å². The van der Waals surface area contributed by atoms with E-state index in [1.54, 1.807) is 0 Å². The molecule has 2 aromatic rings. The lowest BCUT2D eigenvalue weighted by Gasteiger charge is -2.14. The first-order chi connectivity index (χ1) is 9.13. The molecule has 102 valence electrons. The summed E-state index contributed by atoms with van der Waals surface area (Å²) in [5, 5.41) is 27.4. The number of aliphatic hydroxyl groups is 2. The molecule has 10 heteroatoms. The van der Waals surface area contributed by atoms with Gasteiger partial charge in [-0.15, -0.1) is 16.7 Å². The predicted molar refractivity (Wildman–Crippen MR) is 64.2 cm³/mol. The van der Waals surface area contributed by atoms with Crippen LogP contribution in [-0.4, -0.2) is 59.4 Å². The van der Waals surface area contributed by atoms with Crippen molar-refractivity contribution in [3.05, 3.63) is 6.33 Å². The zero-order valence-electron chi connectivity index (χ0n) is 9.59. The van der Waals surface area contributed by atoms with Crippen LogP contribution in [0.25, 0.3) is 11.2 Å². The second-order valence-electron chi connectivity index (χ2n) is 4.17. The van der Waals surface area contributed by atoms with E-state index in [0.29, 0.717) is 11.2 Å². The van der Waals surface area contributed by atoms with Crippen LogP contribution in [-0.2, 0) is 4.74 Å². The molecule has 3 rings (SSSR count). The third-order valence-electron chi connectivity index (χ3n) is 3.02. The standard InChI is InChI=1S/C9H11ClN6O3/c10-1-3-5(17)6(18)9(19-3)16-8-4(14-15-16)7(11)12-2-13-8/h2-3,5-6,9,17-18H,1H2,(H2,11,12,13). The van der Waals surface area contributed by atoms with Crippen molar-refractivity contribution in [1.29, 1.82) is 0 Å². The van der Waals surface area contributed by atoms with E-state index in [-0.39, 0.29) is 11.7 Å². The third kappa shape index (κ3) is 1.82. The number of aliphatic hydroxyl groups excluding tert-OH is 2. The monoisotopic (exact) mass is 286 g/mol. The number of halogens is 1. The molecular weight excluding hydrogens is 276 g/mol. The average molecular weight is 287 g/mol. The van der Waals surface area contributed by atoms with E-state index < -0.39 is 24.5 Å². The predicted octanol–water partition coefficient (Wildman–Crippen LogP) is -1.34. The van der Waals surface area contributed by atoms with Gasteiger partial charge in [0.05, 0.1) is 5.88 Å². The number of nitrogen functional groups attached to an aromatic ring is 1. The van der Waals surface area contributed by atoms with Gasteiger partial charge in [0.2, 0.25) is 0 Å². The Morgan fingerprint density at radius 3 is 2.84 bits per heavy atom. The van der Waals surface area contributed by atoms with Crippen LogP contribution in [0, 0.1) is 0 Å². The Labute approximate surface area is 112 Å². The van der Waals surface area contributed by atoms with Crippen molar-refractivity contribution in [2.24, 2.45) is 0 Å². The summed E-state index contributed by atoms with van der Waals surface area (Å²) >= 11 is 5.65. The van der Waals surface area contributed by atoms with Gasteiger partial charge in [0.15, 0.2) is 23.2 Å². The van der Waals surface area contributed by atoms with Gasteiger partial charge in [0.25, 0.3) is 0 Å². The number of anilines is 1. The Morgan fingerprint density at radius 1 is 1.37 bits per heavy atom. The molecule has 1 saturated heterocycles. The highest BCUT2D eigenvalue weighted by molar-refractivity contribution is 6.18. The third-order valence-corrected chi connectivity index (χ3v) is 3.32. The Kier molecular flexibility index (Phi) is 2.97. The van der Waals surface area contributed by atoms with E-state index in [1.165, 1.54) is 11.0 Å². The largest absolute Gasteiger partial charge is 0.387 e. The molecule has 19 heavy (non-hydrogen) atoms. The molecule has 4 unspecified atom stereocenters. The lowest BCUT2D eigenvalue weighted by molar-refractivity contribution is -0.0375. The van der Waals surface area contributed by atoms with Gasteiger partial charge in [-0.05, 0) is 0 Å². The first-order valence-electron chi connectivity index (χ1n) is 5.52. The normalized spacial score (nSPS) is 31.1. The number of aromatic nitrogens is 5. The summed E-state index contributed by atoms with van der Waals surface area (Å²) in [6, 6.07) is 0. The second kappa shape index (κ2) is 4.53. The van der Waals surface area contributed by atoms with Gasteiger partial charge in [0.1, 0.15) is 24.6 Å². The van der Waals surface area contributed by atoms with Crippen LogP contribution in [0.2, 0.25) is 0 Å². The maximum atomic E-state index is 9.96. The lowest BCUT2D eigenvalue weighted by Crippen LogP contribution is -2.32. The lowest BCUT2D eigenvalue weighted by atomic mass is 10.1. The van der Waals surface area contributed by atoms with E-state index in [9.17, 15) is 10.2 Å². The summed E-state index contributed by atoms with van der Waals surface area (Å²) < 4.78 is 6.71. The highest BCUT2D eigenvalue weighted by Crippen LogP contribution is 2.31. The van der Waals surface area contributed by atoms with Crippen molar-refractivity contribution in [1.82, 2.24) is 25.0 Å². The minimum atomic E-state index is -1.18. The first-order valence-corrected chi connectivity index (χ1v) is 6.06. The van der Waals surface area contributed by atoms with E-state index in [4.69, 9.17) is 22.1 Å². The quantitative estimate of drug-likeness (QED) is 0.578. The minimum absolute atomic E-state index is 0.0540. The van der Waals surface area contributed by atoms with Crippen molar-refractivity contribution in [3.63, 3.8) is 0 Å². The number of rotatable bonds is 2. The molecule has 0 aromatic carbocycles. The number of nitrogens with two attached hydrogens (primary N) is 1. The number of nitrogens with zero attached hydrogens (tertiary/aromatic N) is 5. The minimum Gasteiger partial charge on any atom is -0.387 e. The smallest absolute Gasteiger partial charge is 0.186 e. The number of alkyl halides is 1. The molecule has 1 fully saturated rings. The highest BCUT2D eigenvalue weighted by Gasteiger charge is 2.44. The number of hydrogen-bond acceptors (Lipinski definition) is 8. The maximum absolute atomic E-state index is 9.96. The van der Waals surface area contributed by atoms with Crippen molar-refractivity contribution in [3.8, 4) is 0 Å². The van der Waals surface area contributed by atoms with Crippen LogP contribution >= 0.6 is 11.6 Å². The van der Waals surface area contributed by atoms with Gasteiger partial charge in [-0.25, -0.2) is 9.97 Å². The molecule has 0 radical (unpaired) electrons. The highest BCUT2D eigenvalue weighted by atomic mass is 35.5. The molecule has 2 aromatic heterocycles. The van der Waals surface area contributed by atoms with Crippen molar-refractivity contribution in [2.45, 2.75) is 24.5 Å². The molecule has 0 amide bonds. The fourth-order valence-electron chi connectivity index (χ4n) is 2.01. The zero-order valence-corrected chi connectivity index (χ0v) is 10.3. The van der Waals surface area contributed by atoms with Gasteiger partial charge >= 0.3 is 0 Å². The molecule has 4 N–H and O–H groups in total. The van der Waals surface area contributed by atoms with E-state index in [1.807, 2.05) is 0 Å². The molecule has 0 bridgehead atoms. The summed E-state index contributed by atoms with van der Waals surface area (Å²) in [5.41, 5.74) is 6.27. The molecule has 0 aliphatic carbocycles. The second-order valence-corrected chi connectivity index (χ2v) is 4.47. The summed E-state index contributed by atoms with van der Waals surface area (Å²) in [4.78, 5) is 7.79. The Bertz CT molecular complexity index is 607. The summed E-state index contributed by atoms with van der Waals surface area (Å²) in [7, 11) is 0. The van der Waals surface area contributed by atoms with Crippen molar-refractivity contribution in [2.75, 3.05) is 11.6 Å². The van der Waals surface area contributed by atoms with Crippen LogP contribution in [0.3, 0.4) is 0 Å². The van der Waals surface area contributed by atoms with Crippen LogP contribution in [0.5, 0.6) is 0 Å². The topological polar surface area (TPSA) is 132 Å². The number of fused-ring (bicyclic) bond motifs is 1. The molecule has 1 aliphatic rings. The first kappa shape index (κ1) is 12.5. The fraction of sp³-hybridized carbons (Fsp3) is 0.556. The molecule has 1 aliphatic heterocycles. The molecule has 0 spiro atoms. The molecule has 3 heterocycles. The fourth-order valence-corrected chi connectivity index (χ4v) is 2.27. The summed E-state index contributed by atoms with van der Waals surface area (Å²) in [5.74, 6) is 0.233. The summed E-state index contributed by atoms with van der Waals surface area (Å²) in [6.45, 7) is 0. The number of hydrogen-bond donors (Lipinski definition) is 3. The zero-order chi connectivity index (χ0) is 13.6. The molecular formula is C9H11ClN6O3. The summed E-state index contributed by atoms with van der Waals surface area (Å²) in [6.07, 6.45) is -2.61. The van der Waals surface area contributed by atoms with Gasteiger partial charge in [-0.2, -0.15) is 4.68 Å². The van der Waals surface area contributed by atoms with Crippen LogP contribution in [0.1, 0.15) is 6.23 Å². The Balaban J connectivity index is 2.04.